The van der Waals surface area contributed by atoms with Gasteiger partial charge in [-0.15, -0.1) is 11.3 Å². The maximum Gasteiger partial charge on any atom is 0.173 e. The Hall–Kier alpha value is -0.190. The van der Waals surface area contributed by atoms with Crippen LogP contribution in [0.5, 0.6) is 0 Å². The molecule has 0 aliphatic carbocycles. The van der Waals surface area contributed by atoms with E-state index in [1.165, 1.54) is 0 Å². The number of rotatable bonds is 3. The number of thiophene rings is 1. The van der Waals surface area contributed by atoms with Crippen LogP contribution in [-0.2, 0) is 4.74 Å². The number of halogens is 1. The Morgan fingerprint density at radius 3 is 2.81 bits per heavy atom. The van der Waals surface area contributed by atoms with Gasteiger partial charge in [-0.05, 0) is 53.2 Å². The molecular weight excluding hydrogens is 288 g/mol. The van der Waals surface area contributed by atoms with Gasteiger partial charge in [-0.2, -0.15) is 0 Å². The summed E-state index contributed by atoms with van der Waals surface area (Å²) in [4.78, 5) is 12.9. The van der Waals surface area contributed by atoms with E-state index in [0.29, 0.717) is 12.3 Å². The summed E-state index contributed by atoms with van der Waals surface area (Å²) in [6.45, 7) is 3.64. The van der Waals surface area contributed by atoms with Crippen molar-refractivity contribution in [2.75, 3.05) is 13.2 Å². The Morgan fingerprint density at radius 2 is 2.25 bits per heavy atom. The maximum atomic E-state index is 12.0. The van der Waals surface area contributed by atoms with Crippen LogP contribution in [-0.4, -0.2) is 19.0 Å². The molecule has 1 aromatic heterocycles. The van der Waals surface area contributed by atoms with Gasteiger partial charge in [0.25, 0.3) is 0 Å². The zero-order valence-electron chi connectivity index (χ0n) is 9.29. The van der Waals surface area contributed by atoms with Crippen molar-refractivity contribution in [3.63, 3.8) is 0 Å². The molecule has 0 bridgehead atoms. The van der Waals surface area contributed by atoms with E-state index in [9.17, 15) is 4.79 Å². The van der Waals surface area contributed by atoms with Gasteiger partial charge < -0.3 is 4.74 Å². The second kappa shape index (κ2) is 5.43. The molecule has 0 atom stereocenters. The molecule has 0 aromatic carbocycles. The zero-order chi connectivity index (χ0) is 11.5. The van der Waals surface area contributed by atoms with E-state index in [1.54, 1.807) is 11.3 Å². The molecule has 2 heterocycles. The van der Waals surface area contributed by atoms with Crippen LogP contribution in [0.15, 0.2) is 9.85 Å². The largest absolute Gasteiger partial charge is 0.381 e. The molecule has 2 rings (SSSR count). The van der Waals surface area contributed by atoms with Crippen molar-refractivity contribution in [3.05, 3.63) is 20.3 Å². The lowest BCUT2D eigenvalue weighted by atomic mass is 9.94. The zero-order valence-corrected chi connectivity index (χ0v) is 11.7. The number of hydrogen-bond acceptors (Lipinski definition) is 3. The molecule has 88 valence electrons. The van der Waals surface area contributed by atoms with Gasteiger partial charge >= 0.3 is 0 Å². The molecule has 0 amide bonds. The highest BCUT2D eigenvalue weighted by Crippen LogP contribution is 2.30. The van der Waals surface area contributed by atoms with Crippen LogP contribution >= 0.6 is 27.3 Å². The van der Waals surface area contributed by atoms with E-state index in [2.05, 4.69) is 15.9 Å². The number of Topliss-reactive ketones (excluding diaryl/α,β-unsaturated/α-hetero) is 1. The van der Waals surface area contributed by atoms with Gasteiger partial charge in [0.2, 0.25) is 0 Å². The Kier molecular flexibility index (Phi) is 4.16. The summed E-state index contributed by atoms with van der Waals surface area (Å²) in [5.41, 5.74) is 1.15. The lowest BCUT2D eigenvalue weighted by Crippen LogP contribution is -2.18. The topological polar surface area (TPSA) is 26.3 Å². The molecule has 16 heavy (non-hydrogen) atoms. The predicted molar refractivity (Wildman–Crippen MR) is 69.2 cm³/mol. The summed E-state index contributed by atoms with van der Waals surface area (Å²) >= 11 is 5.00. The minimum atomic E-state index is 0.283. The van der Waals surface area contributed by atoms with Crippen LogP contribution in [0.2, 0.25) is 0 Å². The molecule has 0 saturated carbocycles. The molecular formula is C12H15BrO2S. The average Bonchev–Trinajstić information content (AvgIpc) is 2.61. The van der Waals surface area contributed by atoms with Crippen molar-refractivity contribution in [1.29, 1.82) is 0 Å². The van der Waals surface area contributed by atoms with Gasteiger partial charge in [-0.3, -0.25) is 4.79 Å². The van der Waals surface area contributed by atoms with Crippen molar-refractivity contribution >= 4 is 33.0 Å². The van der Waals surface area contributed by atoms with E-state index in [4.69, 9.17) is 4.74 Å². The fraction of sp³-hybridized carbons (Fsp3) is 0.583. The van der Waals surface area contributed by atoms with Crippen molar-refractivity contribution in [3.8, 4) is 0 Å². The van der Waals surface area contributed by atoms with E-state index in [-0.39, 0.29) is 5.78 Å². The fourth-order valence-electron chi connectivity index (χ4n) is 1.91. The molecule has 4 heteroatoms. The molecule has 0 unspecified atom stereocenters. The van der Waals surface area contributed by atoms with Crippen LogP contribution in [0.3, 0.4) is 0 Å². The first-order valence-electron chi connectivity index (χ1n) is 5.53. The second-order valence-corrected chi connectivity index (χ2v) is 6.62. The predicted octanol–water partition coefficient (Wildman–Crippen LogP) is 3.82. The lowest BCUT2D eigenvalue weighted by molar-refractivity contribution is 0.0602. The Balaban J connectivity index is 1.96. The summed E-state index contributed by atoms with van der Waals surface area (Å²) < 4.78 is 6.37. The third kappa shape index (κ3) is 2.93. The van der Waals surface area contributed by atoms with Crippen molar-refractivity contribution in [2.45, 2.75) is 26.2 Å². The van der Waals surface area contributed by atoms with E-state index < -0.39 is 0 Å². The van der Waals surface area contributed by atoms with Crippen LogP contribution in [0.1, 0.15) is 34.5 Å². The highest BCUT2D eigenvalue weighted by molar-refractivity contribution is 9.11. The number of aryl methyl sites for hydroxylation is 1. The monoisotopic (exact) mass is 302 g/mol. The summed E-state index contributed by atoms with van der Waals surface area (Å²) in [6.07, 6.45) is 2.73. The van der Waals surface area contributed by atoms with Crippen LogP contribution < -0.4 is 0 Å². The van der Waals surface area contributed by atoms with E-state index in [1.807, 2.05) is 13.0 Å². The average molecular weight is 303 g/mol. The minimum Gasteiger partial charge on any atom is -0.381 e. The molecule has 1 aliphatic rings. The first-order valence-corrected chi connectivity index (χ1v) is 7.14. The normalized spacial score (nSPS) is 17.6. The van der Waals surface area contributed by atoms with Crippen molar-refractivity contribution in [1.82, 2.24) is 0 Å². The highest BCUT2D eigenvalue weighted by atomic mass is 79.9. The van der Waals surface area contributed by atoms with Crippen molar-refractivity contribution < 1.29 is 9.53 Å². The van der Waals surface area contributed by atoms with E-state index in [0.717, 1.165) is 40.3 Å². The molecule has 0 radical (unpaired) electrons. The number of ketones is 1. The molecule has 1 aliphatic heterocycles. The third-order valence-electron chi connectivity index (χ3n) is 2.95. The summed E-state index contributed by atoms with van der Waals surface area (Å²) in [6, 6.07) is 1.98. The molecule has 1 aromatic rings. The summed E-state index contributed by atoms with van der Waals surface area (Å²) in [5, 5.41) is 0. The fourth-order valence-corrected chi connectivity index (χ4v) is 3.39. The number of ether oxygens (including phenoxy) is 1. The lowest BCUT2D eigenvalue weighted by Gasteiger charge is -2.20. The molecule has 0 spiro atoms. The first kappa shape index (κ1) is 12.3. The standard InChI is InChI=1S/C12H15BrO2S/c1-8-6-11(16-12(8)13)10(14)7-9-2-4-15-5-3-9/h6,9H,2-5,7H2,1H3. The van der Waals surface area contributed by atoms with Crippen LogP contribution in [0, 0.1) is 12.8 Å². The maximum absolute atomic E-state index is 12.0. The molecule has 1 saturated heterocycles. The molecule has 0 N–H and O–H groups in total. The highest BCUT2D eigenvalue weighted by Gasteiger charge is 2.19. The summed E-state index contributed by atoms with van der Waals surface area (Å²) in [5.74, 6) is 0.799. The molecule has 2 nitrogen and oxygen atoms in total. The van der Waals surface area contributed by atoms with Gasteiger partial charge in [0, 0.05) is 19.6 Å². The van der Waals surface area contributed by atoms with Gasteiger partial charge in [-0.1, -0.05) is 0 Å². The Labute approximate surface area is 108 Å². The van der Waals surface area contributed by atoms with Gasteiger partial charge in [-0.25, -0.2) is 0 Å². The Morgan fingerprint density at radius 1 is 1.56 bits per heavy atom. The Bertz CT molecular complexity index is 361. The van der Waals surface area contributed by atoms with Crippen molar-refractivity contribution in [2.24, 2.45) is 5.92 Å². The van der Waals surface area contributed by atoms with Gasteiger partial charge in [0.15, 0.2) is 5.78 Å². The van der Waals surface area contributed by atoms with Gasteiger partial charge in [0.05, 0.1) is 8.66 Å². The van der Waals surface area contributed by atoms with Gasteiger partial charge in [0.1, 0.15) is 0 Å². The second-order valence-electron chi connectivity index (χ2n) is 4.25. The van der Waals surface area contributed by atoms with Crippen LogP contribution in [0.4, 0.5) is 0 Å². The SMILES string of the molecule is Cc1cc(C(=O)CC2CCOCC2)sc1Br. The molecule has 1 fully saturated rings. The number of carbonyl (C=O) groups excluding carboxylic acids is 1. The smallest absolute Gasteiger partial charge is 0.173 e. The van der Waals surface area contributed by atoms with E-state index >= 15 is 0 Å². The first-order chi connectivity index (χ1) is 7.66. The number of hydrogen-bond donors (Lipinski definition) is 0. The number of carbonyl (C=O) groups is 1. The third-order valence-corrected chi connectivity index (χ3v) is 5.12. The summed E-state index contributed by atoms with van der Waals surface area (Å²) in [7, 11) is 0. The minimum absolute atomic E-state index is 0.283. The van der Waals surface area contributed by atoms with Crippen LogP contribution in [0.25, 0.3) is 0 Å². The quantitative estimate of drug-likeness (QED) is 0.794.